The Morgan fingerprint density at radius 3 is 2.05 bits per heavy atom. The van der Waals surface area contributed by atoms with Crippen molar-refractivity contribution in [1.29, 1.82) is 0 Å². The summed E-state index contributed by atoms with van der Waals surface area (Å²) in [7, 11) is -1.51. The highest BCUT2D eigenvalue weighted by molar-refractivity contribution is 7.90. The van der Waals surface area contributed by atoms with E-state index in [0.717, 1.165) is 17.0 Å². The summed E-state index contributed by atoms with van der Waals surface area (Å²) in [4.78, 5) is 0.336. The van der Waals surface area contributed by atoms with Crippen molar-refractivity contribution < 1.29 is 13.2 Å². The van der Waals surface area contributed by atoms with Crippen LogP contribution in [0, 0.1) is 0 Å². The smallest absolute Gasteiger partial charge is 0.175 e. The number of hydrogen-bond donors (Lipinski definition) is 1. The minimum Gasteiger partial charge on any atom is -0.497 e. The second-order valence-electron chi connectivity index (χ2n) is 4.94. The number of hydrogen-bond acceptors (Lipinski definition) is 4. The third-order valence-corrected chi connectivity index (χ3v) is 4.41. The van der Waals surface area contributed by atoms with Crippen LogP contribution < -0.4 is 10.1 Å². The van der Waals surface area contributed by atoms with Gasteiger partial charge in [-0.1, -0.05) is 12.1 Å². The van der Waals surface area contributed by atoms with Gasteiger partial charge in [0.05, 0.1) is 12.0 Å². The summed E-state index contributed by atoms with van der Waals surface area (Å²) in [6.45, 7) is 2.03. The Bertz CT molecular complexity index is 691. The summed E-state index contributed by atoms with van der Waals surface area (Å²) in [6.07, 6.45) is 1.21. The molecule has 0 fully saturated rings. The molecule has 0 saturated heterocycles. The number of benzene rings is 2. The monoisotopic (exact) mass is 305 g/mol. The van der Waals surface area contributed by atoms with Crippen LogP contribution in [0.15, 0.2) is 53.4 Å². The van der Waals surface area contributed by atoms with E-state index in [1.807, 2.05) is 43.3 Å². The lowest BCUT2D eigenvalue weighted by Gasteiger charge is -2.16. The van der Waals surface area contributed by atoms with E-state index in [2.05, 4.69) is 5.32 Å². The van der Waals surface area contributed by atoms with Crippen molar-refractivity contribution in [2.24, 2.45) is 0 Å². The molecule has 0 aliphatic rings. The molecule has 112 valence electrons. The molecular weight excluding hydrogens is 286 g/mol. The highest BCUT2D eigenvalue weighted by Crippen LogP contribution is 2.22. The van der Waals surface area contributed by atoms with Crippen LogP contribution in [-0.2, 0) is 9.84 Å². The number of sulfone groups is 1. The number of nitrogens with one attached hydrogen (secondary N) is 1. The van der Waals surface area contributed by atoms with Crippen molar-refractivity contribution in [3.8, 4) is 5.75 Å². The summed E-state index contributed by atoms with van der Waals surface area (Å²) in [6, 6.07) is 14.7. The maximum absolute atomic E-state index is 11.4. The minimum absolute atomic E-state index is 0.0759. The van der Waals surface area contributed by atoms with E-state index < -0.39 is 9.84 Å². The minimum atomic E-state index is -3.15. The average Bonchev–Trinajstić information content (AvgIpc) is 2.47. The molecule has 4 nitrogen and oxygen atoms in total. The van der Waals surface area contributed by atoms with Crippen LogP contribution in [0.4, 0.5) is 5.69 Å². The first-order valence-corrected chi connectivity index (χ1v) is 8.50. The van der Waals surface area contributed by atoms with E-state index in [0.29, 0.717) is 4.90 Å². The molecule has 0 heterocycles. The quantitative estimate of drug-likeness (QED) is 0.921. The molecule has 0 aliphatic carbocycles. The maximum atomic E-state index is 11.4. The molecule has 0 spiro atoms. The number of ether oxygens (including phenoxy) is 1. The van der Waals surface area contributed by atoms with Gasteiger partial charge in [-0.2, -0.15) is 0 Å². The third kappa shape index (κ3) is 3.98. The van der Waals surface area contributed by atoms with E-state index in [1.54, 1.807) is 19.2 Å². The first kappa shape index (κ1) is 15.4. The Kier molecular flexibility index (Phi) is 4.53. The average molecular weight is 305 g/mol. The largest absolute Gasteiger partial charge is 0.497 e. The fraction of sp³-hybridized carbons (Fsp3) is 0.250. The molecule has 21 heavy (non-hydrogen) atoms. The van der Waals surface area contributed by atoms with Gasteiger partial charge < -0.3 is 10.1 Å². The summed E-state index contributed by atoms with van der Waals surface area (Å²) in [5.74, 6) is 0.811. The van der Waals surface area contributed by atoms with Gasteiger partial charge in [0.25, 0.3) is 0 Å². The molecule has 2 rings (SSSR count). The van der Waals surface area contributed by atoms with Crippen molar-refractivity contribution in [1.82, 2.24) is 0 Å². The van der Waals surface area contributed by atoms with Gasteiger partial charge in [-0.3, -0.25) is 0 Å². The van der Waals surface area contributed by atoms with Gasteiger partial charge in [-0.05, 0) is 48.9 Å². The van der Waals surface area contributed by atoms with Gasteiger partial charge in [0.2, 0.25) is 0 Å². The van der Waals surface area contributed by atoms with Crippen LogP contribution in [0.3, 0.4) is 0 Å². The molecule has 2 aromatic rings. The molecule has 1 N–H and O–H groups in total. The van der Waals surface area contributed by atoms with Gasteiger partial charge in [0.15, 0.2) is 9.84 Å². The predicted octanol–water partition coefficient (Wildman–Crippen LogP) is 3.27. The molecule has 0 amide bonds. The van der Waals surface area contributed by atoms with Crippen molar-refractivity contribution in [3.63, 3.8) is 0 Å². The van der Waals surface area contributed by atoms with Crippen LogP contribution in [-0.4, -0.2) is 21.8 Å². The molecule has 0 bridgehead atoms. The number of rotatable bonds is 5. The standard InChI is InChI=1S/C16H19NO3S/c1-12(17-14-6-8-15(20-2)9-7-14)13-4-10-16(11-5-13)21(3,18)19/h4-12,17H,1-3H3. The van der Waals surface area contributed by atoms with E-state index in [-0.39, 0.29) is 6.04 Å². The van der Waals surface area contributed by atoms with Gasteiger partial charge in [0.1, 0.15) is 5.75 Å². The topological polar surface area (TPSA) is 55.4 Å². The lowest BCUT2D eigenvalue weighted by Crippen LogP contribution is -2.07. The Hall–Kier alpha value is -2.01. The van der Waals surface area contributed by atoms with E-state index >= 15 is 0 Å². The SMILES string of the molecule is COc1ccc(NC(C)c2ccc(S(C)(=O)=O)cc2)cc1. The molecule has 5 heteroatoms. The Morgan fingerprint density at radius 1 is 1.00 bits per heavy atom. The zero-order valence-corrected chi connectivity index (χ0v) is 13.1. The van der Waals surface area contributed by atoms with Gasteiger partial charge in [-0.15, -0.1) is 0 Å². The molecular formula is C16H19NO3S. The van der Waals surface area contributed by atoms with Crippen molar-refractivity contribution in [3.05, 3.63) is 54.1 Å². The molecule has 0 radical (unpaired) electrons. The predicted molar refractivity (Wildman–Crippen MR) is 84.6 cm³/mol. The Morgan fingerprint density at radius 2 is 1.57 bits per heavy atom. The van der Waals surface area contributed by atoms with E-state index in [9.17, 15) is 8.42 Å². The number of anilines is 1. The zero-order valence-electron chi connectivity index (χ0n) is 12.3. The first-order chi connectivity index (χ1) is 9.90. The highest BCUT2D eigenvalue weighted by Gasteiger charge is 2.09. The second-order valence-corrected chi connectivity index (χ2v) is 6.95. The summed E-state index contributed by atoms with van der Waals surface area (Å²) < 4.78 is 28.0. The summed E-state index contributed by atoms with van der Waals surface area (Å²) >= 11 is 0. The Labute approximate surface area is 125 Å². The third-order valence-electron chi connectivity index (χ3n) is 3.28. The van der Waals surface area contributed by atoms with Crippen molar-refractivity contribution in [2.45, 2.75) is 17.9 Å². The van der Waals surface area contributed by atoms with Crippen molar-refractivity contribution >= 4 is 15.5 Å². The fourth-order valence-corrected chi connectivity index (χ4v) is 2.65. The summed E-state index contributed by atoms with van der Waals surface area (Å²) in [5, 5.41) is 3.36. The van der Waals surface area contributed by atoms with Crippen LogP contribution in [0.5, 0.6) is 5.75 Å². The van der Waals surface area contributed by atoms with Crippen LogP contribution in [0.2, 0.25) is 0 Å². The van der Waals surface area contributed by atoms with Gasteiger partial charge in [0, 0.05) is 18.0 Å². The lowest BCUT2D eigenvalue weighted by molar-refractivity contribution is 0.415. The molecule has 1 unspecified atom stereocenters. The molecule has 0 aliphatic heterocycles. The molecule has 2 aromatic carbocycles. The number of methoxy groups -OCH3 is 1. The first-order valence-electron chi connectivity index (χ1n) is 6.61. The van der Waals surface area contributed by atoms with Crippen LogP contribution in [0.1, 0.15) is 18.5 Å². The Balaban J connectivity index is 2.10. The van der Waals surface area contributed by atoms with E-state index in [1.165, 1.54) is 6.26 Å². The van der Waals surface area contributed by atoms with Crippen LogP contribution in [0.25, 0.3) is 0 Å². The van der Waals surface area contributed by atoms with E-state index in [4.69, 9.17) is 4.74 Å². The molecule has 0 saturated carbocycles. The fourth-order valence-electron chi connectivity index (χ4n) is 2.02. The lowest BCUT2D eigenvalue weighted by atomic mass is 10.1. The molecule has 0 aromatic heterocycles. The van der Waals surface area contributed by atoms with Crippen molar-refractivity contribution in [2.75, 3.05) is 18.7 Å². The zero-order chi connectivity index (χ0) is 15.5. The molecule has 1 atom stereocenters. The second kappa shape index (κ2) is 6.18. The summed E-state index contributed by atoms with van der Waals surface area (Å²) in [5.41, 5.74) is 2.01. The normalized spacial score (nSPS) is 12.7. The van der Waals surface area contributed by atoms with Crippen LogP contribution >= 0.6 is 0 Å². The van der Waals surface area contributed by atoms with Gasteiger partial charge in [-0.25, -0.2) is 8.42 Å². The van der Waals surface area contributed by atoms with Gasteiger partial charge >= 0.3 is 0 Å². The maximum Gasteiger partial charge on any atom is 0.175 e. The highest BCUT2D eigenvalue weighted by atomic mass is 32.2.